The van der Waals surface area contributed by atoms with Crippen LogP contribution in [0.4, 0.5) is 0 Å². The van der Waals surface area contributed by atoms with Crippen molar-refractivity contribution in [3.05, 3.63) is 35.4 Å². The molecule has 2 rings (SSSR count). The van der Waals surface area contributed by atoms with E-state index in [0.717, 1.165) is 18.5 Å². The van der Waals surface area contributed by atoms with E-state index >= 15 is 0 Å². The fourth-order valence-corrected chi connectivity index (χ4v) is 2.35. The minimum Gasteiger partial charge on any atom is -0.378 e. The van der Waals surface area contributed by atoms with Crippen molar-refractivity contribution < 1.29 is 9.53 Å². The summed E-state index contributed by atoms with van der Waals surface area (Å²) in [7, 11) is 0. The van der Waals surface area contributed by atoms with E-state index in [4.69, 9.17) is 10.00 Å². The van der Waals surface area contributed by atoms with E-state index in [2.05, 4.69) is 16.3 Å². The van der Waals surface area contributed by atoms with Crippen LogP contribution < -0.4 is 5.32 Å². The minimum absolute atomic E-state index is 0.0326. The summed E-state index contributed by atoms with van der Waals surface area (Å²) >= 11 is 0. The molecule has 112 valence electrons. The van der Waals surface area contributed by atoms with E-state index in [1.165, 1.54) is 0 Å². The zero-order valence-electron chi connectivity index (χ0n) is 12.3. The number of benzene rings is 1. The van der Waals surface area contributed by atoms with Crippen LogP contribution in [0.2, 0.25) is 0 Å². The molecular weight excluding hydrogens is 266 g/mol. The van der Waals surface area contributed by atoms with Gasteiger partial charge in [0.05, 0.1) is 24.8 Å². The van der Waals surface area contributed by atoms with Gasteiger partial charge in [-0.1, -0.05) is 19.1 Å². The number of ether oxygens (including phenoxy) is 1. The zero-order chi connectivity index (χ0) is 15.1. The highest BCUT2D eigenvalue weighted by Crippen LogP contribution is 2.13. The van der Waals surface area contributed by atoms with Crippen molar-refractivity contribution in [2.45, 2.75) is 25.9 Å². The van der Waals surface area contributed by atoms with Crippen molar-refractivity contribution in [1.82, 2.24) is 10.2 Å². The Kier molecular flexibility index (Phi) is 5.73. The SMILES string of the molecule is CCCNC(=O)C1COCCN1Cc1ccc(C#N)cc1. The fourth-order valence-electron chi connectivity index (χ4n) is 2.35. The summed E-state index contributed by atoms with van der Waals surface area (Å²) < 4.78 is 5.44. The lowest BCUT2D eigenvalue weighted by Crippen LogP contribution is -2.53. The van der Waals surface area contributed by atoms with Crippen LogP contribution >= 0.6 is 0 Å². The van der Waals surface area contributed by atoms with Gasteiger partial charge in [0.15, 0.2) is 0 Å². The molecule has 5 heteroatoms. The molecule has 1 fully saturated rings. The number of nitrogens with one attached hydrogen (secondary N) is 1. The molecule has 0 spiro atoms. The van der Waals surface area contributed by atoms with Crippen LogP contribution in [0.1, 0.15) is 24.5 Å². The van der Waals surface area contributed by atoms with Gasteiger partial charge in [-0.05, 0) is 24.1 Å². The number of carbonyl (C=O) groups is 1. The average molecular weight is 287 g/mol. The maximum atomic E-state index is 12.2. The van der Waals surface area contributed by atoms with Crippen LogP contribution in [0.3, 0.4) is 0 Å². The van der Waals surface area contributed by atoms with Crippen molar-refractivity contribution in [2.24, 2.45) is 0 Å². The fraction of sp³-hybridized carbons (Fsp3) is 0.500. The summed E-state index contributed by atoms with van der Waals surface area (Å²) in [5.41, 5.74) is 1.75. The summed E-state index contributed by atoms with van der Waals surface area (Å²) in [6.07, 6.45) is 0.926. The van der Waals surface area contributed by atoms with Gasteiger partial charge in [0.2, 0.25) is 5.91 Å². The second kappa shape index (κ2) is 7.77. The molecule has 0 aliphatic carbocycles. The lowest BCUT2D eigenvalue weighted by molar-refractivity contribution is -0.132. The number of nitriles is 1. The lowest BCUT2D eigenvalue weighted by atomic mass is 10.1. The monoisotopic (exact) mass is 287 g/mol. The van der Waals surface area contributed by atoms with Crippen molar-refractivity contribution in [2.75, 3.05) is 26.3 Å². The van der Waals surface area contributed by atoms with Gasteiger partial charge < -0.3 is 10.1 Å². The molecule has 1 unspecified atom stereocenters. The summed E-state index contributed by atoms with van der Waals surface area (Å²) in [4.78, 5) is 14.3. The number of rotatable bonds is 5. The molecule has 1 saturated heterocycles. The first-order valence-corrected chi connectivity index (χ1v) is 7.33. The maximum Gasteiger partial charge on any atom is 0.239 e. The van der Waals surface area contributed by atoms with E-state index in [9.17, 15) is 4.79 Å². The third-order valence-corrected chi connectivity index (χ3v) is 3.56. The first-order valence-electron chi connectivity index (χ1n) is 7.33. The van der Waals surface area contributed by atoms with Crippen LogP contribution in [0.15, 0.2) is 24.3 Å². The van der Waals surface area contributed by atoms with Crippen molar-refractivity contribution in [1.29, 1.82) is 5.26 Å². The number of hydrogen-bond donors (Lipinski definition) is 1. The third-order valence-electron chi connectivity index (χ3n) is 3.56. The van der Waals surface area contributed by atoms with Gasteiger partial charge >= 0.3 is 0 Å². The first-order chi connectivity index (χ1) is 10.2. The average Bonchev–Trinajstić information content (AvgIpc) is 2.54. The second-order valence-corrected chi connectivity index (χ2v) is 5.16. The van der Waals surface area contributed by atoms with Crippen LogP contribution in [0, 0.1) is 11.3 Å². The number of amides is 1. The second-order valence-electron chi connectivity index (χ2n) is 5.16. The van der Waals surface area contributed by atoms with Crippen molar-refractivity contribution in [3.8, 4) is 6.07 Å². The predicted octanol–water partition coefficient (Wildman–Crippen LogP) is 1.29. The highest BCUT2D eigenvalue weighted by Gasteiger charge is 2.28. The largest absolute Gasteiger partial charge is 0.378 e. The molecule has 0 saturated carbocycles. The predicted molar refractivity (Wildman–Crippen MR) is 79.5 cm³/mol. The summed E-state index contributed by atoms with van der Waals surface area (Å²) in [5.74, 6) is 0.0326. The molecule has 1 aliphatic heterocycles. The Morgan fingerprint density at radius 2 is 2.24 bits per heavy atom. The van der Waals surface area contributed by atoms with E-state index in [-0.39, 0.29) is 11.9 Å². The van der Waals surface area contributed by atoms with E-state index < -0.39 is 0 Å². The van der Waals surface area contributed by atoms with Gasteiger partial charge in [-0.15, -0.1) is 0 Å². The van der Waals surface area contributed by atoms with Crippen molar-refractivity contribution >= 4 is 5.91 Å². The van der Waals surface area contributed by atoms with Gasteiger partial charge in [0.1, 0.15) is 6.04 Å². The molecule has 1 aliphatic rings. The third kappa shape index (κ3) is 4.28. The Morgan fingerprint density at radius 3 is 2.90 bits per heavy atom. The molecule has 1 heterocycles. The zero-order valence-corrected chi connectivity index (χ0v) is 12.3. The Balaban J connectivity index is 2.00. The highest BCUT2D eigenvalue weighted by molar-refractivity contribution is 5.82. The number of hydrogen-bond acceptors (Lipinski definition) is 4. The number of morpholine rings is 1. The van der Waals surface area contributed by atoms with Crippen molar-refractivity contribution in [3.63, 3.8) is 0 Å². The molecule has 0 radical (unpaired) electrons. The Labute approximate surface area is 125 Å². The molecular formula is C16H21N3O2. The maximum absolute atomic E-state index is 12.2. The first kappa shape index (κ1) is 15.5. The number of nitrogens with zero attached hydrogens (tertiary/aromatic N) is 2. The lowest BCUT2D eigenvalue weighted by Gasteiger charge is -2.34. The van der Waals surface area contributed by atoms with Gasteiger partial charge in [-0.25, -0.2) is 0 Å². The molecule has 0 aromatic heterocycles. The van der Waals surface area contributed by atoms with Gasteiger partial charge in [0.25, 0.3) is 0 Å². The van der Waals surface area contributed by atoms with Crippen LogP contribution in [-0.2, 0) is 16.1 Å². The highest BCUT2D eigenvalue weighted by atomic mass is 16.5. The summed E-state index contributed by atoms with van der Waals surface area (Å²) in [6.45, 7) is 5.25. The van der Waals surface area contributed by atoms with E-state index in [1.807, 2.05) is 31.2 Å². The number of carbonyl (C=O) groups excluding carboxylic acids is 1. The standard InChI is InChI=1S/C16H21N3O2/c1-2-7-18-16(20)15-12-21-9-8-19(15)11-14-5-3-13(10-17)4-6-14/h3-6,15H,2,7-9,11-12H2,1H3,(H,18,20). The molecule has 1 aromatic carbocycles. The van der Waals surface area contributed by atoms with Gasteiger partial charge in [-0.2, -0.15) is 5.26 Å². The molecule has 0 bridgehead atoms. The van der Waals surface area contributed by atoms with Gasteiger partial charge in [-0.3, -0.25) is 9.69 Å². The van der Waals surface area contributed by atoms with Crippen LogP contribution in [0.5, 0.6) is 0 Å². The Bertz CT molecular complexity index is 507. The van der Waals surface area contributed by atoms with Crippen LogP contribution in [-0.4, -0.2) is 43.2 Å². The Morgan fingerprint density at radius 1 is 1.48 bits per heavy atom. The molecule has 1 aromatic rings. The van der Waals surface area contributed by atoms with Gasteiger partial charge in [0, 0.05) is 19.6 Å². The molecule has 1 N–H and O–H groups in total. The van der Waals surface area contributed by atoms with E-state index in [0.29, 0.717) is 31.9 Å². The molecule has 5 nitrogen and oxygen atoms in total. The summed E-state index contributed by atoms with van der Waals surface area (Å²) in [6, 6.07) is 9.37. The molecule has 1 atom stereocenters. The minimum atomic E-state index is -0.235. The summed E-state index contributed by atoms with van der Waals surface area (Å²) in [5, 5.41) is 11.7. The Hall–Kier alpha value is -1.90. The van der Waals surface area contributed by atoms with E-state index in [1.54, 1.807) is 0 Å². The smallest absolute Gasteiger partial charge is 0.239 e. The normalized spacial score (nSPS) is 19.0. The van der Waals surface area contributed by atoms with Crippen LogP contribution in [0.25, 0.3) is 0 Å². The quantitative estimate of drug-likeness (QED) is 0.886. The molecule has 1 amide bonds. The topological polar surface area (TPSA) is 65.4 Å². The molecule has 21 heavy (non-hydrogen) atoms.